The van der Waals surface area contributed by atoms with Crippen LogP contribution in [0.3, 0.4) is 0 Å². The number of hydrogen-bond acceptors (Lipinski definition) is 5. The van der Waals surface area contributed by atoms with E-state index in [-0.39, 0.29) is 18.3 Å². The van der Waals surface area contributed by atoms with E-state index in [2.05, 4.69) is 20.9 Å². The van der Waals surface area contributed by atoms with E-state index < -0.39 is 0 Å². The Labute approximate surface area is 193 Å². The number of piperazine rings is 1. The maximum Gasteiger partial charge on any atom is 0.244 e. The summed E-state index contributed by atoms with van der Waals surface area (Å²) in [5.41, 5.74) is 2.80. The topological polar surface area (TPSA) is 67.2 Å². The monoisotopic (exact) mass is 448 g/mol. The van der Waals surface area contributed by atoms with Crippen molar-refractivity contribution in [1.82, 2.24) is 24.6 Å². The molecule has 1 aliphatic heterocycles. The zero-order chi connectivity index (χ0) is 22.6. The molecule has 2 fully saturated rings. The lowest BCUT2D eigenvalue weighted by atomic mass is 9.87. The second kappa shape index (κ2) is 9.68. The van der Waals surface area contributed by atoms with Crippen molar-refractivity contribution in [2.75, 3.05) is 31.1 Å². The molecule has 0 unspecified atom stereocenters. The minimum absolute atomic E-state index is 0.0466. The summed E-state index contributed by atoms with van der Waals surface area (Å²) >= 11 is 0. The first-order valence-electron chi connectivity index (χ1n) is 11.8. The van der Waals surface area contributed by atoms with Crippen LogP contribution in [0, 0.1) is 5.82 Å². The van der Waals surface area contributed by atoms with E-state index in [1.807, 2.05) is 9.58 Å². The highest BCUT2D eigenvalue weighted by Gasteiger charge is 2.25. The molecular formula is C25H29FN6O. The zero-order valence-electron chi connectivity index (χ0n) is 18.7. The molecule has 1 aromatic carbocycles. The van der Waals surface area contributed by atoms with Crippen molar-refractivity contribution in [2.24, 2.45) is 0 Å². The second-order valence-corrected chi connectivity index (χ2v) is 8.87. The summed E-state index contributed by atoms with van der Waals surface area (Å²) in [5.74, 6) is 0.912. The first kappa shape index (κ1) is 21.6. The number of rotatable bonds is 5. The maximum absolute atomic E-state index is 13.5. The van der Waals surface area contributed by atoms with Crippen LogP contribution in [0.4, 0.5) is 10.3 Å². The van der Waals surface area contributed by atoms with Crippen LogP contribution in [0.2, 0.25) is 0 Å². The molecule has 0 bridgehead atoms. The molecule has 1 aliphatic carbocycles. The van der Waals surface area contributed by atoms with E-state index in [9.17, 15) is 9.18 Å². The molecule has 3 aromatic rings. The van der Waals surface area contributed by atoms with Crippen molar-refractivity contribution in [3.05, 3.63) is 60.3 Å². The number of benzene rings is 1. The van der Waals surface area contributed by atoms with Gasteiger partial charge in [0.15, 0.2) is 0 Å². The van der Waals surface area contributed by atoms with E-state index in [0.717, 1.165) is 29.8 Å². The van der Waals surface area contributed by atoms with Gasteiger partial charge in [-0.3, -0.25) is 9.48 Å². The first-order valence-corrected chi connectivity index (χ1v) is 11.8. The summed E-state index contributed by atoms with van der Waals surface area (Å²) in [6, 6.07) is 10.3. The minimum atomic E-state index is -0.270. The summed E-state index contributed by atoms with van der Waals surface area (Å²) in [7, 11) is 0. The number of nitrogens with zero attached hydrogens (tertiary/aromatic N) is 6. The third-order valence-corrected chi connectivity index (χ3v) is 6.71. The van der Waals surface area contributed by atoms with Crippen LogP contribution in [0.25, 0.3) is 11.3 Å². The fourth-order valence-corrected chi connectivity index (χ4v) is 4.85. The Kier molecular flexibility index (Phi) is 6.32. The van der Waals surface area contributed by atoms with Gasteiger partial charge in [0.1, 0.15) is 12.4 Å². The van der Waals surface area contributed by atoms with Gasteiger partial charge in [-0.2, -0.15) is 5.10 Å². The lowest BCUT2D eigenvalue weighted by Gasteiger charge is -2.34. The van der Waals surface area contributed by atoms with Crippen LogP contribution in [0.1, 0.15) is 43.7 Å². The van der Waals surface area contributed by atoms with Crippen molar-refractivity contribution < 1.29 is 9.18 Å². The molecular weight excluding hydrogens is 419 g/mol. The Bertz CT molecular complexity index is 1070. The molecule has 172 valence electrons. The smallest absolute Gasteiger partial charge is 0.244 e. The van der Waals surface area contributed by atoms with Gasteiger partial charge in [-0.05, 0) is 49.2 Å². The van der Waals surface area contributed by atoms with Crippen LogP contribution in [-0.2, 0) is 11.3 Å². The number of carbonyl (C=O) groups excluding carboxylic acids is 1. The highest BCUT2D eigenvalue weighted by molar-refractivity contribution is 5.77. The molecule has 33 heavy (non-hydrogen) atoms. The Morgan fingerprint density at radius 2 is 1.67 bits per heavy atom. The van der Waals surface area contributed by atoms with Gasteiger partial charge >= 0.3 is 0 Å². The van der Waals surface area contributed by atoms with Crippen molar-refractivity contribution in [3.8, 4) is 11.3 Å². The lowest BCUT2D eigenvalue weighted by molar-refractivity contribution is -0.132. The Balaban J connectivity index is 1.32. The van der Waals surface area contributed by atoms with Crippen LogP contribution >= 0.6 is 0 Å². The molecule has 3 heterocycles. The van der Waals surface area contributed by atoms with Gasteiger partial charge < -0.3 is 9.80 Å². The molecule has 8 heteroatoms. The largest absolute Gasteiger partial charge is 0.338 e. The van der Waals surface area contributed by atoms with E-state index in [4.69, 9.17) is 5.10 Å². The average molecular weight is 449 g/mol. The Hall–Kier alpha value is -3.29. The molecule has 1 amide bonds. The number of carbonyl (C=O) groups is 1. The van der Waals surface area contributed by atoms with Crippen LogP contribution in [0.5, 0.6) is 0 Å². The quantitative estimate of drug-likeness (QED) is 0.593. The highest BCUT2D eigenvalue weighted by Crippen LogP contribution is 2.34. The van der Waals surface area contributed by atoms with Gasteiger partial charge in [0.2, 0.25) is 11.9 Å². The molecule has 1 saturated heterocycles. The predicted octanol–water partition coefficient (Wildman–Crippen LogP) is 3.88. The molecule has 0 spiro atoms. The normalized spacial score (nSPS) is 17.4. The van der Waals surface area contributed by atoms with E-state index in [1.54, 1.807) is 30.6 Å². The zero-order valence-corrected chi connectivity index (χ0v) is 18.7. The molecule has 0 N–H and O–H groups in total. The summed E-state index contributed by atoms with van der Waals surface area (Å²) in [6.45, 7) is 2.83. The molecule has 1 saturated carbocycles. The summed E-state index contributed by atoms with van der Waals surface area (Å²) < 4.78 is 15.3. The Morgan fingerprint density at radius 1 is 0.970 bits per heavy atom. The standard InChI is InChI=1S/C25H29FN6O/c26-21-9-7-20(8-10-21)23-17-22(19-5-2-1-3-6-19)29-32(23)18-24(33)30-13-15-31(16-14-30)25-27-11-4-12-28-25/h4,7-12,17,19H,1-3,5-6,13-16,18H2. The van der Waals surface area contributed by atoms with Crippen LogP contribution < -0.4 is 4.90 Å². The molecule has 2 aromatic heterocycles. The number of aromatic nitrogens is 4. The van der Waals surface area contributed by atoms with Gasteiger partial charge in [-0.1, -0.05) is 19.3 Å². The van der Waals surface area contributed by atoms with Gasteiger partial charge in [-0.15, -0.1) is 0 Å². The number of hydrogen-bond donors (Lipinski definition) is 0. The van der Waals surface area contributed by atoms with Crippen LogP contribution in [-0.4, -0.2) is 56.7 Å². The lowest BCUT2D eigenvalue weighted by Crippen LogP contribution is -2.50. The average Bonchev–Trinajstić information content (AvgIpc) is 3.29. The molecule has 0 radical (unpaired) electrons. The second-order valence-electron chi connectivity index (χ2n) is 8.87. The number of anilines is 1. The van der Waals surface area contributed by atoms with Crippen molar-refractivity contribution in [3.63, 3.8) is 0 Å². The van der Waals surface area contributed by atoms with Crippen molar-refractivity contribution in [1.29, 1.82) is 0 Å². The number of halogens is 1. The summed E-state index contributed by atoms with van der Waals surface area (Å²) in [6.07, 6.45) is 9.46. The fourth-order valence-electron chi connectivity index (χ4n) is 4.85. The van der Waals surface area contributed by atoms with Crippen LogP contribution in [0.15, 0.2) is 48.8 Å². The van der Waals surface area contributed by atoms with Crippen molar-refractivity contribution >= 4 is 11.9 Å². The van der Waals surface area contributed by atoms with Gasteiger partial charge in [0.25, 0.3) is 0 Å². The highest BCUT2D eigenvalue weighted by atomic mass is 19.1. The SMILES string of the molecule is O=C(Cn1nc(C2CCCCC2)cc1-c1ccc(F)cc1)N1CCN(c2ncccn2)CC1. The Morgan fingerprint density at radius 3 is 2.36 bits per heavy atom. The third kappa shape index (κ3) is 4.89. The van der Waals surface area contributed by atoms with Crippen molar-refractivity contribution in [2.45, 2.75) is 44.6 Å². The van der Waals surface area contributed by atoms with E-state index in [0.29, 0.717) is 38.0 Å². The van der Waals surface area contributed by atoms with Gasteiger partial charge in [0, 0.05) is 50.1 Å². The summed E-state index contributed by atoms with van der Waals surface area (Å²) in [5, 5.41) is 4.88. The maximum atomic E-state index is 13.5. The minimum Gasteiger partial charge on any atom is -0.338 e. The predicted molar refractivity (Wildman–Crippen MR) is 124 cm³/mol. The molecule has 7 nitrogen and oxygen atoms in total. The van der Waals surface area contributed by atoms with E-state index >= 15 is 0 Å². The molecule has 0 atom stereocenters. The summed E-state index contributed by atoms with van der Waals surface area (Å²) in [4.78, 5) is 25.8. The molecule has 2 aliphatic rings. The van der Waals surface area contributed by atoms with Gasteiger partial charge in [0.05, 0.1) is 11.4 Å². The third-order valence-electron chi connectivity index (χ3n) is 6.71. The fraction of sp³-hybridized carbons (Fsp3) is 0.440. The first-order chi connectivity index (χ1) is 16.2. The van der Waals surface area contributed by atoms with E-state index in [1.165, 1.54) is 31.4 Å². The number of amides is 1. The molecule has 5 rings (SSSR count). The van der Waals surface area contributed by atoms with Gasteiger partial charge in [-0.25, -0.2) is 14.4 Å².